The van der Waals surface area contributed by atoms with Crippen LogP contribution >= 0.6 is 0 Å². The fraction of sp³-hybridized carbons (Fsp3) is 0.800. The van der Waals surface area contributed by atoms with E-state index < -0.39 is 0 Å². The maximum atomic E-state index is 5.72. The van der Waals surface area contributed by atoms with E-state index in [0.717, 1.165) is 13.1 Å². The molecule has 1 heterocycles. The van der Waals surface area contributed by atoms with E-state index in [0.29, 0.717) is 0 Å². The average Bonchev–Trinajstić information content (AvgIpc) is 2.05. The molecule has 0 unspecified atom stereocenters. The van der Waals surface area contributed by atoms with Gasteiger partial charge in [-0.1, -0.05) is 25.5 Å². The van der Waals surface area contributed by atoms with Gasteiger partial charge in [-0.05, 0) is 18.9 Å². The highest BCUT2D eigenvalue weighted by Crippen LogP contribution is 2.29. The summed E-state index contributed by atoms with van der Waals surface area (Å²) in [7, 11) is 2.16. The van der Waals surface area contributed by atoms with Crippen LogP contribution in [0.25, 0.3) is 0 Å². The van der Waals surface area contributed by atoms with Gasteiger partial charge in [0.15, 0.2) is 0 Å². The Labute approximate surface area is 75.4 Å². The molecule has 70 valence electrons. The van der Waals surface area contributed by atoms with Crippen LogP contribution in [0.3, 0.4) is 0 Å². The Balaban J connectivity index is 2.64. The van der Waals surface area contributed by atoms with Gasteiger partial charge in [0.1, 0.15) is 0 Å². The molecule has 0 aliphatic carbocycles. The Morgan fingerprint density at radius 1 is 1.58 bits per heavy atom. The molecule has 0 bridgehead atoms. The molecule has 12 heavy (non-hydrogen) atoms. The lowest BCUT2D eigenvalue weighted by atomic mass is 9.81. The van der Waals surface area contributed by atoms with Crippen molar-refractivity contribution in [3.63, 3.8) is 0 Å². The van der Waals surface area contributed by atoms with E-state index in [-0.39, 0.29) is 5.41 Å². The summed E-state index contributed by atoms with van der Waals surface area (Å²) in [5.74, 6) is 0. The van der Waals surface area contributed by atoms with Gasteiger partial charge in [0.2, 0.25) is 0 Å². The monoisotopic (exact) mass is 168 g/mol. The minimum Gasteiger partial charge on any atom is -0.330 e. The van der Waals surface area contributed by atoms with E-state index in [9.17, 15) is 0 Å². The van der Waals surface area contributed by atoms with Crippen LogP contribution < -0.4 is 5.73 Å². The van der Waals surface area contributed by atoms with Crippen molar-refractivity contribution in [1.29, 1.82) is 0 Å². The zero-order chi connectivity index (χ0) is 9.19. The summed E-state index contributed by atoms with van der Waals surface area (Å²) in [5, 5.41) is 0. The van der Waals surface area contributed by atoms with Crippen molar-refractivity contribution in [3.8, 4) is 0 Å². The van der Waals surface area contributed by atoms with Crippen LogP contribution in [0.4, 0.5) is 0 Å². The predicted octanol–water partition coefficient (Wildman–Crippen LogP) is 1.23. The molecule has 0 fully saturated rings. The molecule has 2 heteroatoms. The van der Waals surface area contributed by atoms with Crippen LogP contribution in [0.1, 0.15) is 20.3 Å². The standard InChI is InChI=1S/C10H20N2/c1-10(2,8-11)9-4-6-12(3)7-5-9/h4H,5-8,11H2,1-3H3. The zero-order valence-electron chi connectivity index (χ0n) is 8.43. The fourth-order valence-electron chi connectivity index (χ4n) is 1.52. The van der Waals surface area contributed by atoms with Crippen LogP contribution in [0.2, 0.25) is 0 Å². The van der Waals surface area contributed by atoms with Crippen LogP contribution in [0.15, 0.2) is 11.6 Å². The SMILES string of the molecule is CN1CC=C(C(C)(C)CN)CC1. The maximum Gasteiger partial charge on any atom is 0.0163 e. The summed E-state index contributed by atoms with van der Waals surface area (Å²) in [6.45, 7) is 7.46. The van der Waals surface area contributed by atoms with Crippen LogP contribution in [-0.2, 0) is 0 Å². The molecule has 0 radical (unpaired) electrons. The lowest BCUT2D eigenvalue weighted by Gasteiger charge is -2.32. The second kappa shape index (κ2) is 3.58. The van der Waals surface area contributed by atoms with Crippen LogP contribution in [0, 0.1) is 5.41 Å². The van der Waals surface area contributed by atoms with E-state index in [2.05, 4.69) is 31.9 Å². The van der Waals surface area contributed by atoms with Gasteiger partial charge in [0.25, 0.3) is 0 Å². The van der Waals surface area contributed by atoms with Crippen LogP contribution in [-0.4, -0.2) is 31.6 Å². The van der Waals surface area contributed by atoms with Crippen molar-refractivity contribution < 1.29 is 0 Å². The first-order valence-electron chi connectivity index (χ1n) is 4.64. The van der Waals surface area contributed by atoms with E-state index in [1.807, 2.05) is 0 Å². The van der Waals surface area contributed by atoms with Crippen molar-refractivity contribution >= 4 is 0 Å². The zero-order valence-corrected chi connectivity index (χ0v) is 8.43. The van der Waals surface area contributed by atoms with Gasteiger partial charge in [0.05, 0.1) is 0 Å². The Hall–Kier alpha value is -0.340. The molecule has 2 nitrogen and oxygen atoms in total. The molecule has 1 aliphatic rings. The largest absolute Gasteiger partial charge is 0.330 e. The first-order chi connectivity index (χ1) is 5.56. The molecule has 0 saturated heterocycles. The normalized spacial score (nSPS) is 20.8. The first kappa shape index (κ1) is 9.75. The van der Waals surface area contributed by atoms with Gasteiger partial charge in [-0.3, -0.25) is 0 Å². The molecule has 0 saturated carbocycles. The molecular formula is C10H20N2. The van der Waals surface area contributed by atoms with E-state index in [4.69, 9.17) is 5.73 Å². The van der Waals surface area contributed by atoms with Gasteiger partial charge in [-0.15, -0.1) is 0 Å². The van der Waals surface area contributed by atoms with Crippen molar-refractivity contribution in [2.75, 3.05) is 26.7 Å². The topological polar surface area (TPSA) is 29.3 Å². The average molecular weight is 168 g/mol. The third-order valence-corrected chi connectivity index (χ3v) is 2.79. The van der Waals surface area contributed by atoms with Crippen molar-refractivity contribution in [3.05, 3.63) is 11.6 Å². The molecule has 0 amide bonds. The van der Waals surface area contributed by atoms with Crippen molar-refractivity contribution in [2.24, 2.45) is 11.1 Å². The number of hydrogen-bond acceptors (Lipinski definition) is 2. The number of nitrogens with zero attached hydrogens (tertiary/aromatic N) is 1. The van der Waals surface area contributed by atoms with E-state index in [1.165, 1.54) is 18.5 Å². The predicted molar refractivity (Wildman–Crippen MR) is 53.0 cm³/mol. The summed E-state index contributed by atoms with van der Waals surface area (Å²) in [4.78, 5) is 2.33. The smallest absolute Gasteiger partial charge is 0.0163 e. The quantitative estimate of drug-likeness (QED) is 0.628. The Kier molecular flexibility index (Phi) is 2.91. The fourth-order valence-corrected chi connectivity index (χ4v) is 1.52. The number of hydrogen-bond donors (Lipinski definition) is 1. The third-order valence-electron chi connectivity index (χ3n) is 2.79. The Bertz CT molecular complexity index is 182. The molecule has 2 N–H and O–H groups in total. The number of rotatable bonds is 2. The van der Waals surface area contributed by atoms with Gasteiger partial charge in [-0.2, -0.15) is 0 Å². The lowest BCUT2D eigenvalue weighted by Crippen LogP contribution is -2.32. The molecule has 0 atom stereocenters. The molecule has 1 aliphatic heterocycles. The minimum absolute atomic E-state index is 0.210. The highest BCUT2D eigenvalue weighted by molar-refractivity contribution is 5.16. The summed E-state index contributed by atoms with van der Waals surface area (Å²) >= 11 is 0. The van der Waals surface area contributed by atoms with E-state index in [1.54, 1.807) is 0 Å². The third kappa shape index (κ3) is 2.08. The Morgan fingerprint density at radius 3 is 2.67 bits per heavy atom. The lowest BCUT2D eigenvalue weighted by molar-refractivity contribution is 0.326. The summed E-state index contributed by atoms with van der Waals surface area (Å²) in [6.07, 6.45) is 3.51. The van der Waals surface area contributed by atoms with Crippen molar-refractivity contribution in [1.82, 2.24) is 4.90 Å². The maximum absolute atomic E-state index is 5.72. The second-order valence-electron chi connectivity index (χ2n) is 4.33. The number of likely N-dealkylation sites (N-methyl/N-ethyl adjacent to an activating group) is 1. The van der Waals surface area contributed by atoms with Crippen LogP contribution in [0.5, 0.6) is 0 Å². The molecule has 0 spiro atoms. The summed E-state index contributed by atoms with van der Waals surface area (Å²) < 4.78 is 0. The van der Waals surface area contributed by atoms with Gasteiger partial charge < -0.3 is 10.6 Å². The van der Waals surface area contributed by atoms with Gasteiger partial charge in [0, 0.05) is 19.6 Å². The molecule has 0 aromatic carbocycles. The van der Waals surface area contributed by atoms with Crippen molar-refractivity contribution in [2.45, 2.75) is 20.3 Å². The summed E-state index contributed by atoms with van der Waals surface area (Å²) in [5.41, 5.74) is 7.46. The summed E-state index contributed by atoms with van der Waals surface area (Å²) in [6, 6.07) is 0. The highest BCUT2D eigenvalue weighted by atomic mass is 15.1. The minimum atomic E-state index is 0.210. The molecule has 0 aromatic heterocycles. The molecule has 0 aromatic rings. The first-order valence-corrected chi connectivity index (χ1v) is 4.64. The van der Waals surface area contributed by atoms with Gasteiger partial charge in [-0.25, -0.2) is 0 Å². The Morgan fingerprint density at radius 2 is 2.25 bits per heavy atom. The van der Waals surface area contributed by atoms with Gasteiger partial charge >= 0.3 is 0 Å². The molecule has 1 rings (SSSR count). The number of nitrogens with two attached hydrogens (primary N) is 1. The second-order valence-corrected chi connectivity index (χ2v) is 4.33. The van der Waals surface area contributed by atoms with E-state index >= 15 is 0 Å². The highest BCUT2D eigenvalue weighted by Gasteiger charge is 2.23. The molecular weight excluding hydrogens is 148 g/mol.